The quantitative estimate of drug-likeness (QED) is 0.515. The van der Waals surface area contributed by atoms with E-state index in [1.54, 1.807) is 0 Å². The molecule has 0 radical (unpaired) electrons. The first-order valence-corrected chi connectivity index (χ1v) is 3.58. The summed E-state index contributed by atoms with van der Waals surface area (Å²) in [5.41, 5.74) is 0. The highest BCUT2D eigenvalue weighted by atomic mass is 19.5. The zero-order chi connectivity index (χ0) is 10.9. The van der Waals surface area contributed by atoms with Crippen LogP contribution in [0.2, 0.25) is 0 Å². The molecule has 0 rings (SSSR count). The van der Waals surface area contributed by atoms with E-state index in [1.807, 2.05) is 11.9 Å². The van der Waals surface area contributed by atoms with Gasteiger partial charge in [0.05, 0.1) is 13.2 Å². The lowest BCUT2D eigenvalue weighted by molar-refractivity contribution is 0.184. The largest absolute Gasteiger partial charge is 1.00 e. The van der Waals surface area contributed by atoms with Crippen molar-refractivity contribution in [2.24, 2.45) is 0 Å². The van der Waals surface area contributed by atoms with Crippen LogP contribution < -0.4 is 0 Å². The molecule has 0 amide bonds. The van der Waals surface area contributed by atoms with Gasteiger partial charge in [0.15, 0.2) is 0 Å². The fourth-order valence-electron chi connectivity index (χ4n) is 0.453. The summed E-state index contributed by atoms with van der Waals surface area (Å²) in [5, 5.41) is 16.7. The highest BCUT2D eigenvalue weighted by Gasteiger charge is 2.20. The molecule has 0 saturated carbocycles. The molecule has 13 heavy (non-hydrogen) atoms. The van der Waals surface area contributed by atoms with E-state index in [9.17, 15) is 17.3 Å². The monoisotopic (exact) mass is 207 g/mol. The summed E-state index contributed by atoms with van der Waals surface area (Å²) in [6, 6.07) is 0. The lowest BCUT2D eigenvalue weighted by Gasteiger charge is -2.11. The zero-order valence-corrected chi connectivity index (χ0v) is 7.26. The molecule has 0 saturated heterocycles. The van der Waals surface area contributed by atoms with E-state index >= 15 is 0 Å². The standard InChI is InChI=1S/C5H13NO2.BF4/c1-6(2-4-7)3-5-8;2-1(3,4)5/h7-8H,2-5H2,1H3;/q;-1/p+1. The molecule has 0 aromatic heterocycles. The van der Waals surface area contributed by atoms with Gasteiger partial charge < -0.3 is 32.4 Å². The lowest BCUT2D eigenvalue weighted by Crippen LogP contribution is -2.25. The van der Waals surface area contributed by atoms with Crippen molar-refractivity contribution in [2.45, 2.75) is 0 Å². The molecule has 0 aromatic rings. The average molecular weight is 207 g/mol. The molecular formula is C5H14BF4NO2. The molecular weight excluding hydrogens is 193 g/mol. The van der Waals surface area contributed by atoms with Crippen molar-refractivity contribution >= 4 is 7.25 Å². The minimum Gasteiger partial charge on any atom is -0.418 e. The van der Waals surface area contributed by atoms with E-state index in [1.165, 1.54) is 0 Å². The van der Waals surface area contributed by atoms with Crippen molar-refractivity contribution in [3.8, 4) is 0 Å². The first kappa shape index (κ1) is 15.2. The zero-order valence-electron chi connectivity index (χ0n) is 8.26. The van der Waals surface area contributed by atoms with Crippen LogP contribution in [0.5, 0.6) is 0 Å². The maximum absolute atomic E-state index is 9.75. The molecule has 0 aliphatic carbocycles. The van der Waals surface area contributed by atoms with Gasteiger partial charge in [-0.2, -0.15) is 0 Å². The summed E-state index contributed by atoms with van der Waals surface area (Å²) in [6.07, 6.45) is 0. The summed E-state index contributed by atoms with van der Waals surface area (Å²) < 4.78 is 39.0. The van der Waals surface area contributed by atoms with Crippen LogP contribution in [-0.4, -0.2) is 55.7 Å². The van der Waals surface area contributed by atoms with Crippen molar-refractivity contribution in [3.05, 3.63) is 0 Å². The molecule has 0 atom stereocenters. The molecule has 0 aliphatic heterocycles. The van der Waals surface area contributed by atoms with E-state index in [0.29, 0.717) is 13.1 Å². The normalized spacial score (nSPS) is 11.1. The third kappa shape index (κ3) is 34.0. The minimum absolute atomic E-state index is 0. The van der Waals surface area contributed by atoms with E-state index < -0.39 is 7.25 Å². The van der Waals surface area contributed by atoms with Crippen LogP contribution in [0.15, 0.2) is 0 Å². The second-order valence-corrected chi connectivity index (χ2v) is 2.25. The molecule has 0 unspecified atom stereocenters. The van der Waals surface area contributed by atoms with Crippen LogP contribution in [-0.2, 0) is 0 Å². The van der Waals surface area contributed by atoms with Gasteiger partial charge in [-0.3, -0.25) is 0 Å². The topological polar surface area (TPSA) is 43.7 Å². The van der Waals surface area contributed by atoms with Crippen molar-refractivity contribution in [3.63, 3.8) is 0 Å². The highest BCUT2D eigenvalue weighted by Crippen LogP contribution is 2.06. The summed E-state index contributed by atoms with van der Waals surface area (Å²) >= 11 is 0. The smallest absolute Gasteiger partial charge is 0.418 e. The Balaban J connectivity index is -0.000000177. The number of aliphatic hydroxyl groups is 2. The Morgan fingerprint density at radius 3 is 1.46 bits per heavy atom. The average Bonchev–Trinajstić information content (AvgIpc) is 1.84. The molecule has 8 heteroatoms. The van der Waals surface area contributed by atoms with E-state index in [0.717, 1.165) is 0 Å². The Labute approximate surface area is 75.6 Å². The Morgan fingerprint density at radius 2 is 1.31 bits per heavy atom. The van der Waals surface area contributed by atoms with Crippen LogP contribution in [0.1, 0.15) is 1.43 Å². The molecule has 0 aliphatic rings. The third-order valence-electron chi connectivity index (χ3n) is 0.963. The van der Waals surface area contributed by atoms with Crippen LogP contribution in [0.4, 0.5) is 17.3 Å². The van der Waals surface area contributed by atoms with E-state index in [-0.39, 0.29) is 14.6 Å². The molecule has 0 bridgehead atoms. The Bertz CT molecular complexity index is 106. The van der Waals surface area contributed by atoms with Crippen molar-refractivity contribution in [1.29, 1.82) is 0 Å². The lowest BCUT2D eigenvalue weighted by atomic mass is 10.3. The van der Waals surface area contributed by atoms with Crippen LogP contribution in [0.25, 0.3) is 0 Å². The molecule has 2 N–H and O–H groups in total. The van der Waals surface area contributed by atoms with Crippen molar-refractivity contribution < 1.29 is 28.9 Å². The summed E-state index contributed by atoms with van der Waals surface area (Å²) in [5.74, 6) is 0. The van der Waals surface area contributed by atoms with Gasteiger partial charge >= 0.3 is 8.68 Å². The fourth-order valence-corrected chi connectivity index (χ4v) is 0.453. The molecule has 0 spiro atoms. The molecule has 0 aromatic carbocycles. The van der Waals surface area contributed by atoms with Gasteiger partial charge in [-0.15, -0.1) is 0 Å². The Hall–Kier alpha value is -0.335. The SMILES string of the molecule is CN(CCO)CCO.F[B-](F)(F)F.[H+]. The van der Waals surface area contributed by atoms with E-state index in [2.05, 4.69) is 0 Å². The van der Waals surface area contributed by atoms with Crippen LogP contribution >= 0.6 is 0 Å². The fraction of sp³-hybridized carbons (Fsp3) is 1.00. The summed E-state index contributed by atoms with van der Waals surface area (Å²) in [4.78, 5) is 1.86. The predicted octanol–water partition coefficient (Wildman–Crippen LogP) is 0.315. The summed E-state index contributed by atoms with van der Waals surface area (Å²) in [7, 11) is -4.15. The number of hydrogen-bond acceptors (Lipinski definition) is 3. The summed E-state index contributed by atoms with van der Waals surface area (Å²) in [6.45, 7) is 1.61. The highest BCUT2D eigenvalue weighted by molar-refractivity contribution is 6.50. The maximum atomic E-state index is 9.75. The number of likely N-dealkylation sites (N-methyl/N-ethyl adjacent to an activating group) is 1. The first-order valence-electron chi connectivity index (χ1n) is 3.58. The van der Waals surface area contributed by atoms with Gasteiger partial charge in [0.25, 0.3) is 0 Å². The van der Waals surface area contributed by atoms with Gasteiger partial charge in [0, 0.05) is 13.1 Å². The number of rotatable bonds is 4. The molecule has 82 valence electrons. The van der Waals surface area contributed by atoms with Gasteiger partial charge in [-0.1, -0.05) is 0 Å². The number of halogens is 4. The Morgan fingerprint density at radius 1 is 1.08 bits per heavy atom. The second kappa shape index (κ2) is 8.27. The van der Waals surface area contributed by atoms with Crippen LogP contribution in [0.3, 0.4) is 0 Å². The minimum atomic E-state index is -6.00. The second-order valence-electron chi connectivity index (χ2n) is 2.25. The molecule has 0 fully saturated rings. The van der Waals surface area contributed by atoms with Gasteiger partial charge in [-0.05, 0) is 7.05 Å². The first-order chi connectivity index (χ1) is 5.81. The number of nitrogens with zero attached hydrogens (tertiary/aromatic N) is 1. The third-order valence-corrected chi connectivity index (χ3v) is 0.963. The number of hydrogen-bond donors (Lipinski definition) is 2. The maximum Gasteiger partial charge on any atom is 1.00 e. The van der Waals surface area contributed by atoms with Gasteiger partial charge in [-0.25, -0.2) is 0 Å². The molecule has 3 nitrogen and oxygen atoms in total. The van der Waals surface area contributed by atoms with Gasteiger partial charge in [0.1, 0.15) is 0 Å². The predicted molar refractivity (Wildman–Crippen MR) is 43.0 cm³/mol. The molecule has 0 heterocycles. The van der Waals surface area contributed by atoms with Crippen LogP contribution in [0, 0.1) is 0 Å². The van der Waals surface area contributed by atoms with Crippen molar-refractivity contribution in [2.75, 3.05) is 33.4 Å². The number of aliphatic hydroxyl groups excluding tert-OH is 2. The van der Waals surface area contributed by atoms with Gasteiger partial charge in [0.2, 0.25) is 0 Å². The van der Waals surface area contributed by atoms with Crippen molar-refractivity contribution in [1.82, 2.24) is 4.90 Å². The Kier molecular flexibility index (Phi) is 9.64. The van der Waals surface area contributed by atoms with E-state index in [4.69, 9.17) is 10.2 Å².